The maximum Gasteiger partial charge on any atom is 0.263 e. The summed E-state index contributed by atoms with van der Waals surface area (Å²) in [5.41, 5.74) is 2.05. The van der Waals surface area contributed by atoms with Crippen LogP contribution in [0.3, 0.4) is 0 Å². The molecule has 1 aromatic carbocycles. The molecule has 0 atom stereocenters. The molecule has 4 aromatic rings. The van der Waals surface area contributed by atoms with Crippen molar-refractivity contribution in [2.24, 2.45) is 0 Å². The summed E-state index contributed by atoms with van der Waals surface area (Å²) in [6.07, 6.45) is 0.645. The van der Waals surface area contributed by atoms with E-state index in [0.717, 1.165) is 11.4 Å². The fraction of sp³-hybridized carbons (Fsp3) is 0.174. The highest BCUT2D eigenvalue weighted by molar-refractivity contribution is 6.33. The number of nitrogens with one attached hydrogen (secondary N) is 1. The second kappa shape index (κ2) is 9.25. The predicted molar refractivity (Wildman–Crippen MR) is 122 cm³/mol. The summed E-state index contributed by atoms with van der Waals surface area (Å²) in [7, 11) is 0. The average molecular weight is 466 g/mol. The molecule has 9 nitrogen and oxygen atoms in total. The molecule has 3 aromatic heterocycles. The van der Waals surface area contributed by atoms with Crippen LogP contribution in [0.4, 0.5) is 5.82 Å². The number of ether oxygens (including phenoxy) is 1. The highest BCUT2D eigenvalue weighted by Crippen LogP contribution is 2.23. The Bertz CT molecular complexity index is 1340. The number of hydrogen-bond acceptors (Lipinski definition) is 7. The molecule has 0 unspecified atom stereocenters. The van der Waals surface area contributed by atoms with E-state index in [1.165, 1.54) is 12.1 Å². The molecule has 10 heteroatoms. The van der Waals surface area contributed by atoms with Gasteiger partial charge in [0.15, 0.2) is 30.3 Å². The van der Waals surface area contributed by atoms with Gasteiger partial charge in [0.1, 0.15) is 17.3 Å². The number of amides is 1. The van der Waals surface area contributed by atoms with E-state index >= 15 is 0 Å². The van der Waals surface area contributed by atoms with Crippen LogP contribution in [0.1, 0.15) is 27.5 Å². The number of furan rings is 1. The Hall–Kier alpha value is -3.98. The molecule has 3 heterocycles. The van der Waals surface area contributed by atoms with E-state index in [2.05, 4.69) is 20.4 Å². The topological polar surface area (TPSA) is 112 Å². The van der Waals surface area contributed by atoms with Gasteiger partial charge in [-0.2, -0.15) is 5.10 Å². The van der Waals surface area contributed by atoms with Gasteiger partial charge in [-0.25, -0.2) is 14.6 Å². The third-order valence-electron chi connectivity index (χ3n) is 4.64. The number of carbonyl (C=O) groups excluding carboxylic acids is 2. The molecule has 1 N–H and O–H groups in total. The van der Waals surface area contributed by atoms with Gasteiger partial charge in [0.2, 0.25) is 0 Å². The second-order valence-corrected chi connectivity index (χ2v) is 7.73. The van der Waals surface area contributed by atoms with Crippen LogP contribution in [-0.4, -0.2) is 38.5 Å². The van der Waals surface area contributed by atoms with Crippen molar-refractivity contribution in [1.29, 1.82) is 0 Å². The lowest BCUT2D eigenvalue weighted by Gasteiger charge is -2.11. The van der Waals surface area contributed by atoms with Crippen molar-refractivity contribution < 1.29 is 18.7 Å². The van der Waals surface area contributed by atoms with Crippen molar-refractivity contribution in [2.75, 3.05) is 11.9 Å². The molecule has 4 rings (SSSR count). The summed E-state index contributed by atoms with van der Waals surface area (Å²) in [6, 6.07) is 11.7. The first kappa shape index (κ1) is 22.2. The molecular formula is C23H20ClN5O4. The molecular weight excluding hydrogens is 446 g/mol. The number of aryl methyl sites for hydroxylation is 3. The Morgan fingerprint density at radius 1 is 1.15 bits per heavy atom. The van der Waals surface area contributed by atoms with Crippen molar-refractivity contribution in [3.8, 4) is 23.2 Å². The number of nitrogens with zero attached hydrogens (tertiary/aromatic N) is 4. The molecule has 168 valence electrons. The molecule has 33 heavy (non-hydrogen) atoms. The highest BCUT2D eigenvalue weighted by atomic mass is 35.5. The highest BCUT2D eigenvalue weighted by Gasteiger charge is 2.15. The first-order valence-electron chi connectivity index (χ1n) is 9.99. The Labute approximate surface area is 194 Å². The quantitative estimate of drug-likeness (QED) is 0.404. The Morgan fingerprint density at radius 2 is 1.97 bits per heavy atom. The standard InChI is InChI=1S/C23H20ClN5O4/c1-13-8-14(2)29(28-13)21-10-20(26-23(27-21)19-7-4-15(3)33-19)25-22(31)12-32-17-6-5-16(11-30)18(24)9-17/h4-11H,12H2,1-3H3,(H,25,26,27,31). The first-order chi connectivity index (χ1) is 15.8. The summed E-state index contributed by atoms with van der Waals surface area (Å²) < 4.78 is 12.8. The van der Waals surface area contributed by atoms with Crippen LogP contribution in [-0.2, 0) is 4.79 Å². The maximum atomic E-state index is 12.5. The van der Waals surface area contributed by atoms with Crippen LogP contribution in [0.15, 0.2) is 46.9 Å². The molecule has 0 spiro atoms. The summed E-state index contributed by atoms with van der Waals surface area (Å²) in [4.78, 5) is 32.4. The third kappa shape index (κ3) is 5.09. The lowest BCUT2D eigenvalue weighted by molar-refractivity contribution is -0.118. The van der Waals surface area contributed by atoms with Crippen molar-refractivity contribution in [2.45, 2.75) is 20.8 Å². The van der Waals surface area contributed by atoms with Crippen molar-refractivity contribution in [3.05, 3.63) is 70.2 Å². The zero-order valence-corrected chi connectivity index (χ0v) is 18.9. The van der Waals surface area contributed by atoms with Crippen LogP contribution >= 0.6 is 11.6 Å². The van der Waals surface area contributed by atoms with Gasteiger partial charge in [0.25, 0.3) is 5.91 Å². The molecule has 0 radical (unpaired) electrons. The minimum atomic E-state index is -0.440. The van der Waals surface area contributed by atoms with Gasteiger partial charge >= 0.3 is 0 Å². The van der Waals surface area contributed by atoms with Crippen LogP contribution in [0.2, 0.25) is 5.02 Å². The number of rotatable bonds is 7. The van der Waals surface area contributed by atoms with Gasteiger partial charge in [-0.15, -0.1) is 0 Å². The maximum absolute atomic E-state index is 12.5. The largest absolute Gasteiger partial charge is 0.484 e. The zero-order chi connectivity index (χ0) is 23.5. The van der Waals surface area contributed by atoms with Gasteiger partial charge < -0.3 is 14.5 Å². The SMILES string of the molecule is Cc1cc(C)n(-c2cc(NC(=O)COc3ccc(C=O)c(Cl)c3)nc(-c3ccc(C)o3)n2)n1. The minimum Gasteiger partial charge on any atom is -0.484 e. The monoisotopic (exact) mass is 465 g/mol. The summed E-state index contributed by atoms with van der Waals surface area (Å²) in [5.74, 6) is 2.15. The number of hydrogen-bond donors (Lipinski definition) is 1. The van der Waals surface area contributed by atoms with E-state index in [-0.39, 0.29) is 17.4 Å². The van der Waals surface area contributed by atoms with Crippen LogP contribution in [0.5, 0.6) is 5.75 Å². The molecule has 0 aliphatic rings. The Morgan fingerprint density at radius 3 is 2.61 bits per heavy atom. The van der Waals surface area contributed by atoms with Gasteiger partial charge in [-0.3, -0.25) is 9.59 Å². The Kier molecular flexibility index (Phi) is 6.23. The number of aldehydes is 1. The summed E-state index contributed by atoms with van der Waals surface area (Å²) in [6.45, 7) is 5.33. The van der Waals surface area contributed by atoms with Gasteiger partial charge in [0.05, 0.1) is 10.7 Å². The van der Waals surface area contributed by atoms with Crippen molar-refractivity contribution in [3.63, 3.8) is 0 Å². The third-order valence-corrected chi connectivity index (χ3v) is 4.96. The van der Waals surface area contributed by atoms with E-state index in [9.17, 15) is 9.59 Å². The number of halogens is 1. The number of anilines is 1. The summed E-state index contributed by atoms with van der Waals surface area (Å²) in [5, 5.41) is 7.42. The van der Waals surface area contributed by atoms with E-state index in [1.54, 1.807) is 22.9 Å². The van der Waals surface area contributed by atoms with Crippen molar-refractivity contribution >= 4 is 29.6 Å². The Balaban J connectivity index is 1.57. The van der Waals surface area contributed by atoms with Gasteiger partial charge in [0, 0.05) is 17.3 Å². The van der Waals surface area contributed by atoms with Crippen LogP contribution in [0, 0.1) is 20.8 Å². The lowest BCUT2D eigenvalue weighted by atomic mass is 10.2. The van der Waals surface area contributed by atoms with Crippen LogP contribution < -0.4 is 10.1 Å². The van der Waals surface area contributed by atoms with Gasteiger partial charge in [-0.05, 0) is 57.2 Å². The number of benzene rings is 1. The van der Waals surface area contributed by atoms with E-state index in [4.69, 9.17) is 20.8 Å². The minimum absolute atomic E-state index is 0.242. The molecule has 1 amide bonds. The molecule has 0 fully saturated rings. The predicted octanol–water partition coefficient (Wildman–Crippen LogP) is 4.33. The molecule has 0 aliphatic heterocycles. The fourth-order valence-electron chi connectivity index (χ4n) is 3.15. The molecule has 0 saturated carbocycles. The number of carbonyl (C=O) groups is 2. The van der Waals surface area contributed by atoms with Crippen LogP contribution in [0.25, 0.3) is 17.4 Å². The lowest BCUT2D eigenvalue weighted by Crippen LogP contribution is -2.21. The van der Waals surface area contributed by atoms with E-state index in [1.807, 2.05) is 32.9 Å². The van der Waals surface area contributed by atoms with E-state index < -0.39 is 5.91 Å². The van der Waals surface area contributed by atoms with Crippen molar-refractivity contribution in [1.82, 2.24) is 19.7 Å². The first-order valence-corrected chi connectivity index (χ1v) is 10.4. The molecule has 0 bridgehead atoms. The molecule has 0 aliphatic carbocycles. The summed E-state index contributed by atoms with van der Waals surface area (Å²) >= 11 is 6.00. The smallest absolute Gasteiger partial charge is 0.263 e. The average Bonchev–Trinajstić information content (AvgIpc) is 3.36. The molecule has 0 saturated heterocycles. The number of aromatic nitrogens is 4. The normalized spacial score (nSPS) is 10.8. The van der Waals surface area contributed by atoms with E-state index in [0.29, 0.717) is 40.8 Å². The fourth-order valence-corrected chi connectivity index (χ4v) is 3.37. The second-order valence-electron chi connectivity index (χ2n) is 7.32. The van der Waals surface area contributed by atoms with Gasteiger partial charge in [-0.1, -0.05) is 11.6 Å². The zero-order valence-electron chi connectivity index (χ0n) is 18.1.